The first-order chi connectivity index (χ1) is 11.3. The molecule has 0 radical (unpaired) electrons. The lowest BCUT2D eigenvalue weighted by Crippen LogP contribution is -2.38. The van der Waals surface area contributed by atoms with Crippen molar-refractivity contribution in [2.24, 2.45) is 5.92 Å². The van der Waals surface area contributed by atoms with Crippen LogP contribution in [0.25, 0.3) is 5.69 Å². The van der Waals surface area contributed by atoms with Gasteiger partial charge in [-0.15, -0.1) is 5.10 Å². The number of benzene rings is 1. The van der Waals surface area contributed by atoms with Gasteiger partial charge in [0.15, 0.2) is 11.6 Å². The summed E-state index contributed by atoms with van der Waals surface area (Å²) in [7, 11) is 0. The molecule has 0 aliphatic heterocycles. The van der Waals surface area contributed by atoms with Crippen LogP contribution in [-0.2, 0) is 4.79 Å². The van der Waals surface area contributed by atoms with E-state index in [0.29, 0.717) is 16.4 Å². The second kappa shape index (κ2) is 7.23. The summed E-state index contributed by atoms with van der Waals surface area (Å²) in [6.07, 6.45) is 0. The minimum Gasteiger partial charge on any atom is -0.352 e. The standard InChI is InChI=1S/C16H16ClN5O2/c1-9(2)19-16(24)13(8-18)15(23)14-10(3)22(21-20-14)12-6-4-5-11(17)7-12/h4-7,9,13H,1-3H3,(H,19,24). The van der Waals surface area contributed by atoms with Crippen LogP contribution in [0.2, 0.25) is 5.02 Å². The van der Waals surface area contributed by atoms with Crippen LogP contribution >= 0.6 is 11.6 Å². The first kappa shape index (κ1) is 17.6. The number of carbonyl (C=O) groups excluding carboxylic acids is 2. The van der Waals surface area contributed by atoms with Gasteiger partial charge >= 0.3 is 0 Å². The first-order valence-electron chi connectivity index (χ1n) is 7.27. The number of nitrogens with one attached hydrogen (secondary N) is 1. The summed E-state index contributed by atoms with van der Waals surface area (Å²) in [5.74, 6) is -2.79. The predicted octanol–water partition coefficient (Wildman–Crippen LogP) is 2.08. The summed E-state index contributed by atoms with van der Waals surface area (Å²) in [6.45, 7) is 5.14. The molecular formula is C16H16ClN5O2. The molecule has 2 aromatic rings. The molecule has 24 heavy (non-hydrogen) atoms. The van der Waals surface area contributed by atoms with E-state index < -0.39 is 17.6 Å². The van der Waals surface area contributed by atoms with E-state index >= 15 is 0 Å². The van der Waals surface area contributed by atoms with Crippen LogP contribution in [0.3, 0.4) is 0 Å². The first-order valence-corrected chi connectivity index (χ1v) is 7.65. The number of rotatable bonds is 5. The topological polar surface area (TPSA) is 101 Å². The molecule has 7 nitrogen and oxygen atoms in total. The zero-order chi connectivity index (χ0) is 17.9. The normalized spacial score (nSPS) is 11.8. The van der Waals surface area contributed by atoms with Crippen LogP contribution in [0.15, 0.2) is 24.3 Å². The molecule has 1 heterocycles. The van der Waals surface area contributed by atoms with Gasteiger partial charge in [0.2, 0.25) is 11.7 Å². The molecule has 1 unspecified atom stereocenters. The number of ketones is 1. The third-order valence-corrected chi connectivity index (χ3v) is 3.50. The summed E-state index contributed by atoms with van der Waals surface area (Å²) in [5.41, 5.74) is 1.05. The molecule has 0 fully saturated rings. The van der Waals surface area contributed by atoms with Gasteiger partial charge in [-0.05, 0) is 39.0 Å². The average molecular weight is 346 g/mol. The largest absolute Gasteiger partial charge is 0.352 e. The predicted molar refractivity (Wildman–Crippen MR) is 87.8 cm³/mol. The molecule has 1 N–H and O–H groups in total. The highest BCUT2D eigenvalue weighted by atomic mass is 35.5. The van der Waals surface area contributed by atoms with Gasteiger partial charge in [-0.2, -0.15) is 5.26 Å². The fourth-order valence-electron chi connectivity index (χ4n) is 2.15. The van der Waals surface area contributed by atoms with Crippen LogP contribution in [0.1, 0.15) is 30.0 Å². The van der Waals surface area contributed by atoms with Crippen LogP contribution in [0, 0.1) is 24.2 Å². The summed E-state index contributed by atoms with van der Waals surface area (Å²) in [5, 5.41) is 20.0. The van der Waals surface area contributed by atoms with E-state index in [9.17, 15) is 14.9 Å². The number of aromatic nitrogens is 3. The maximum absolute atomic E-state index is 12.5. The second-order valence-corrected chi connectivity index (χ2v) is 5.94. The molecule has 1 atom stereocenters. The van der Waals surface area contributed by atoms with E-state index in [4.69, 9.17) is 11.6 Å². The maximum Gasteiger partial charge on any atom is 0.245 e. The number of halogens is 1. The Kier molecular flexibility index (Phi) is 5.31. The minimum absolute atomic E-state index is 0.0135. The van der Waals surface area contributed by atoms with Crippen molar-refractivity contribution in [3.05, 3.63) is 40.7 Å². The number of Topliss-reactive ketones (excluding diaryl/α,β-unsaturated/α-hetero) is 1. The zero-order valence-corrected chi connectivity index (χ0v) is 14.2. The molecule has 124 valence electrons. The van der Waals surface area contributed by atoms with E-state index in [1.807, 2.05) is 0 Å². The fourth-order valence-corrected chi connectivity index (χ4v) is 2.34. The number of hydrogen-bond donors (Lipinski definition) is 1. The Bertz CT molecular complexity index is 822. The smallest absolute Gasteiger partial charge is 0.245 e. The Balaban J connectivity index is 2.34. The summed E-state index contributed by atoms with van der Waals surface area (Å²) < 4.78 is 1.44. The molecule has 1 amide bonds. The van der Waals surface area contributed by atoms with E-state index in [1.54, 1.807) is 51.1 Å². The molecule has 1 aromatic heterocycles. The van der Waals surface area contributed by atoms with Gasteiger partial charge in [-0.1, -0.05) is 22.9 Å². The zero-order valence-electron chi connectivity index (χ0n) is 13.4. The van der Waals surface area contributed by atoms with E-state index in [2.05, 4.69) is 15.6 Å². The third-order valence-electron chi connectivity index (χ3n) is 3.27. The average Bonchev–Trinajstić information content (AvgIpc) is 2.88. The summed E-state index contributed by atoms with van der Waals surface area (Å²) in [4.78, 5) is 24.5. The molecule has 0 bridgehead atoms. The highest BCUT2D eigenvalue weighted by Gasteiger charge is 2.31. The van der Waals surface area contributed by atoms with Gasteiger partial charge < -0.3 is 5.32 Å². The third kappa shape index (κ3) is 3.60. The van der Waals surface area contributed by atoms with Gasteiger partial charge in [-0.25, -0.2) is 4.68 Å². The molecular weight excluding hydrogens is 330 g/mol. The Morgan fingerprint density at radius 1 is 1.38 bits per heavy atom. The van der Waals surface area contributed by atoms with Crippen LogP contribution < -0.4 is 5.32 Å². The number of nitriles is 1. The summed E-state index contributed by atoms with van der Waals surface area (Å²) in [6, 6.07) is 8.44. The monoisotopic (exact) mass is 345 g/mol. The Morgan fingerprint density at radius 2 is 2.08 bits per heavy atom. The van der Waals surface area contributed by atoms with Crippen molar-refractivity contribution in [1.82, 2.24) is 20.3 Å². The second-order valence-electron chi connectivity index (χ2n) is 5.50. The van der Waals surface area contributed by atoms with Crippen molar-refractivity contribution in [2.45, 2.75) is 26.8 Å². The molecule has 0 spiro atoms. The highest BCUT2D eigenvalue weighted by Crippen LogP contribution is 2.18. The van der Waals surface area contributed by atoms with Gasteiger partial charge in [0.05, 0.1) is 17.5 Å². The Labute approximate surface area is 144 Å². The van der Waals surface area contributed by atoms with E-state index in [0.717, 1.165) is 0 Å². The van der Waals surface area contributed by atoms with Crippen molar-refractivity contribution >= 4 is 23.3 Å². The molecule has 2 rings (SSSR count). The SMILES string of the molecule is Cc1c(C(=O)C(C#N)C(=O)NC(C)C)nnn1-c1cccc(Cl)c1. The lowest BCUT2D eigenvalue weighted by Gasteiger charge is -2.11. The van der Waals surface area contributed by atoms with Gasteiger partial charge in [0, 0.05) is 11.1 Å². The molecule has 0 saturated heterocycles. The number of amides is 1. The van der Waals surface area contributed by atoms with Crippen molar-refractivity contribution in [3.8, 4) is 11.8 Å². The lowest BCUT2D eigenvalue weighted by atomic mass is 10.0. The van der Waals surface area contributed by atoms with Crippen LogP contribution in [0.4, 0.5) is 0 Å². The highest BCUT2D eigenvalue weighted by molar-refractivity contribution is 6.30. The van der Waals surface area contributed by atoms with Crippen molar-refractivity contribution in [3.63, 3.8) is 0 Å². The number of hydrogen-bond acceptors (Lipinski definition) is 5. The minimum atomic E-state index is -1.46. The van der Waals surface area contributed by atoms with Crippen LogP contribution in [-0.4, -0.2) is 32.7 Å². The van der Waals surface area contributed by atoms with E-state index in [1.165, 1.54) is 4.68 Å². The van der Waals surface area contributed by atoms with Gasteiger partial charge in [0.1, 0.15) is 0 Å². The maximum atomic E-state index is 12.5. The fraction of sp³-hybridized carbons (Fsp3) is 0.312. The number of nitrogens with zero attached hydrogens (tertiary/aromatic N) is 4. The van der Waals surface area contributed by atoms with Gasteiger partial charge in [-0.3, -0.25) is 9.59 Å². The number of carbonyl (C=O) groups is 2. The molecule has 0 saturated carbocycles. The Morgan fingerprint density at radius 3 is 2.67 bits per heavy atom. The van der Waals surface area contributed by atoms with Crippen LogP contribution in [0.5, 0.6) is 0 Å². The molecule has 0 aliphatic rings. The molecule has 0 aliphatic carbocycles. The summed E-state index contributed by atoms with van der Waals surface area (Å²) >= 11 is 5.95. The molecule has 1 aromatic carbocycles. The quantitative estimate of drug-likeness (QED) is 0.660. The van der Waals surface area contributed by atoms with Crippen molar-refractivity contribution in [1.29, 1.82) is 5.26 Å². The molecule has 8 heteroatoms. The van der Waals surface area contributed by atoms with Crippen molar-refractivity contribution < 1.29 is 9.59 Å². The van der Waals surface area contributed by atoms with E-state index in [-0.39, 0.29) is 11.7 Å². The Hall–Kier alpha value is -2.72. The van der Waals surface area contributed by atoms with Crippen molar-refractivity contribution in [2.75, 3.05) is 0 Å². The lowest BCUT2D eigenvalue weighted by molar-refractivity contribution is -0.122. The van der Waals surface area contributed by atoms with Gasteiger partial charge in [0.25, 0.3) is 0 Å².